The highest BCUT2D eigenvalue weighted by atomic mass is 16.5. The summed E-state index contributed by atoms with van der Waals surface area (Å²) in [6.07, 6.45) is 2.57. The maximum atomic E-state index is 5.66. The summed E-state index contributed by atoms with van der Waals surface area (Å²) < 4.78 is 11.1. The van der Waals surface area contributed by atoms with Crippen molar-refractivity contribution in [3.05, 3.63) is 29.8 Å². The molecule has 0 amide bonds. The molecule has 1 atom stereocenters. The summed E-state index contributed by atoms with van der Waals surface area (Å²) in [7, 11) is 0. The minimum Gasteiger partial charge on any atom is -0.491 e. The summed E-state index contributed by atoms with van der Waals surface area (Å²) in [6.45, 7) is 3.55. The zero-order chi connectivity index (χ0) is 9.80. The smallest absolute Gasteiger partial charge is 0.122 e. The Morgan fingerprint density at radius 2 is 2.57 bits per heavy atom. The molecular formula is C12H15O2. The van der Waals surface area contributed by atoms with Crippen molar-refractivity contribution in [2.24, 2.45) is 0 Å². The fourth-order valence-corrected chi connectivity index (χ4v) is 1.62. The summed E-state index contributed by atoms with van der Waals surface area (Å²) >= 11 is 0. The molecule has 2 nitrogen and oxygen atoms in total. The molecule has 2 rings (SSSR count). The van der Waals surface area contributed by atoms with Gasteiger partial charge in [0.05, 0.1) is 6.10 Å². The average molecular weight is 191 g/mol. The SMILES string of the molecule is Cc1[c]cccc1OCC1CCCO1. The largest absolute Gasteiger partial charge is 0.491 e. The van der Waals surface area contributed by atoms with Crippen molar-refractivity contribution in [2.45, 2.75) is 25.9 Å². The van der Waals surface area contributed by atoms with Crippen LogP contribution in [-0.2, 0) is 4.74 Å². The second-order valence-electron chi connectivity index (χ2n) is 3.61. The van der Waals surface area contributed by atoms with Crippen molar-refractivity contribution < 1.29 is 9.47 Å². The molecule has 75 valence electrons. The van der Waals surface area contributed by atoms with Gasteiger partial charge in [-0.25, -0.2) is 0 Å². The second-order valence-corrected chi connectivity index (χ2v) is 3.61. The van der Waals surface area contributed by atoms with E-state index < -0.39 is 0 Å². The molecule has 1 fully saturated rings. The normalized spacial score (nSPS) is 21.1. The highest BCUT2D eigenvalue weighted by molar-refractivity contribution is 5.30. The van der Waals surface area contributed by atoms with Crippen LogP contribution in [0.1, 0.15) is 18.4 Å². The topological polar surface area (TPSA) is 18.5 Å². The lowest BCUT2D eigenvalue weighted by molar-refractivity contribution is 0.0677. The van der Waals surface area contributed by atoms with Crippen molar-refractivity contribution in [2.75, 3.05) is 13.2 Å². The molecule has 1 radical (unpaired) electrons. The Hall–Kier alpha value is -1.02. The maximum Gasteiger partial charge on any atom is 0.122 e. The van der Waals surface area contributed by atoms with E-state index in [1.807, 2.05) is 25.1 Å². The van der Waals surface area contributed by atoms with Crippen molar-refractivity contribution >= 4 is 0 Å². The van der Waals surface area contributed by atoms with Crippen LogP contribution in [0.4, 0.5) is 0 Å². The zero-order valence-electron chi connectivity index (χ0n) is 8.45. The van der Waals surface area contributed by atoms with Crippen LogP contribution in [0.25, 0.3) is 0 Å². The lowest BCUT2D eigenvalue weighted by atomic mass is 10.2. The first kappa shape index (κ1) is 9.53. The van der Waals surface area contributed by atoms with Gasteiger partial charge in [0.25, 0.3) is 0 Å². The van der Waals surface area contributed by atoms with Crippen LogP contribution in [0.2, 0.25) is 0 Å². The first-order valence-corrected chi connectivity index (χ1v) is 5.08. The van der Waals surface area contributed by atoms with Crippen molar-refractivity contribution in [1.29, 1.82) is 0 Å². The van der Waals surface area contributed by atoms with Crippen LogP contribution in [-0.4, -0.2) is 19.3 Å². The Morgan fingerprint density at radius 3 is 3.29 bits per heavy atom. The Bertz CT molecular complexity index is 290. The van der Waals surface area contributed by atoms with Crippen LogP contribution >= 0.6 is 0 Å². The van der Waals surface area contributed by atoms with Crippen molar-refractivity contribution in [3.63, 3.8) is 0 Å². The van der Waals surface area contributed by atoms with E-state index in [0.29, 0.717) is 6.61 Å². The third-order valence-corrected chi connectivity index (χ3v) is 2.46. The summed E-state index contributed by atoms with van der Waals surface area (Å²) in [4.78, 5) is 0. The Balaban J connectivity index is 1.88. The molecule has 0 bridgehead atoms. The van der Waals surface area contributed by atoms with Gasteiger partial charge in [0.2, 0.25) is 0 Å². The summed E-state index contributed by atoms with van der Waals surface area (Å²) in [5, 5.41) is 0. The summed E-state index contributed by atoms with van der Waals surface area (Å²) in [5.74, 6) is 0.919. The van der Waals surface area contributed by atoms with E-state index in [4.69, 9.17) is 9.47 Å². The fourth-order valence-electron chi connectivity index (χ4n) is 1.62. The number of hydrogen-bond acceptors (Lipinski definition) is 2. The van der Waals surface area contributed by atoms with E-state index >= 15 is 0 Å². The highest BCUT2D eigenvalue weighted by Gasteiger charge is 2.16. The van der Waals surface area contributed by atoms with Crippen molar-refractivity contribution in [3.8, 4) is 5.75 Å². The molecule has 0 N–H and O–H groups in total. The van der Waals surface area contributed by atoms with Gasteiger partial charge in [0.1, 0.15) is 12.4 Å². The monoisotopic (exact) mass is 191 g/mol. The van der Waals surface area contributed by atoms with E-state index in [0.717, 1.165) is 30.8 Å². The third-order valence-electron chi connectivity index (χ3n) is 2.46. The quantitative estimate of drug-likeness (QED) is 0.730. The molecule has 0 aliphatic carbocycles. The molecule has 0 saturated carbocycles. The third kappa shape index (κ3) is 2.26. The van der Waals surface area contributed by atoms with Crippen LogP contribution in [0.5, 0.6) is 5.75 Å². The van der Waals surface area contributed by atoms with Crippen LogP contribution < -0.4 is 4.74 Å². The summed E-state index contributed by atoms with van der Waals surface area (Å²) in [5.41, 5.74) is 1.06. The van der Waals surface area contributed by atoms with E-state index in [1.165, 1.54) is 0 Å². The van der Waals surface area contributed by atoms with Gasteiger partial charge in [-0.15, -0.1) is 0 Å². The Kier molecular flexibility index (Phi) is 3.04. The van der Waals surface area contributed by atoms with Gasteiger partial charge in [0.15, 0.2) is 0 Å². The molecule has 0 aromatic heterocycles. The van der Waals surface area contributed by atoms with Crippen molar-refractivity contribution in [1.82, 2.24) is 0 Å². The lowest BCUT2D eigenvalue weighted by Gasteiger charge is -2.12. The maximum absolute atomic E-state index is 5.66. The molecule has 14 heavy (non-hydrogen) atoms. The van der Waals surface area contributed by atoms with Gasteiger partial charge in [-0.3, -0.25) is 0 Å². The van der Waals surface area contributed by atoms with E-state index in [1.54, 1.807) is 0 Å². The average Bonchev–Trinajstić information content (AvgIpc) is 2.69. The number of hydrogen-bond donors (Lipinski definition) is 0. The Morgan fingerprint density at radius 1 is 1.64 bits per heavy atom. The van der Waals surface area contributed by atoms with Gasteiger partial charge in [0, 0.05) is 6.61 Å². The minimum atomic E-state index is 0.287. The van der Waals surface area contributed by atoms with E-state index in [-0.39, 0.29) is 6.10 Å². The zero-order valence-corrected chi connectivity index (χ0v) is 8.45. The lowest BCUT2D eigenvalue weighted by Crippen LogP contribution is -2.16. The Labute approximate surface area is 84.8 Å². The molecule has 1 aromatic carbocycles. The molecule has 1 aliphatic rings. The van der Waals surface area contributed by atoms with Crippen LogP contribution in [0, 0.1) is 13.0 Å². The molecule has 0 spiro atoms. The first-order valence-electron chi connectivity index (χ1n) is 5.08. The standard InChI is InChI=1S/C12H15O2/c1-10-5-2-3-7-12(10)14-9-11-6-4-8-13-11/h2-3,7,11H,4,6,8-9H2,1H3. The van der Waals surface area contributed by atoms with Gasteiger partial charge in [-0.2, -0.15) is 0 Å². The molecule has 2 heteroatoms. The number of benzene rings is 1. The number of aryl methyl sites for hydroxylation is 1. The first-order chi connectivity index (χ1) is 6.86. The second kappa shape index (κ2) is 4.47. The van der Waals surface area contributed by atoms with Gasteiger partial charge in [-0.1, -0.05) is 12.1 Å². The minimum absolute atomic E-state index is 0.287. The number of rotatable bonds is 3. The van der Waals surface area contributed by atoms with Gasteiger partial charge in [-0.05, 0) is 37.5 Å². The molecular weight excluding hydrogens is 176 g/mol. The fraction of sp³-hybridized carbons (Fsp3) is 0.500. The van der Waals surface area contributed by atoms with Crippen LogP contribution in [0.3, 0.4) is 0 Å². The summed E-state index contributed by atoms with van der Waals surface area (Å²) in [6, 6.07) is 8.92. The van der Waals surface area contributed by atoms with Gasteiger partial charge < -0.3 is 9.47 Å². The molecule has 1 saturated heterocycles. The predicted molar refractivity (Wildman–Crippen MR) is 54.5 cm³/mol. The molecule has 1 unspecified atom stereocenters. The predicted octanol–water partition coefficient (Wildman–Crippen LogP) is 2.35. The molecule has 1 aromatic rings. The highest BCUT2D eigenvalue weighted by Crippen LogP contribution is 2.18. The van der Waals surface area contributed by atoms with E-state index in [2.05, 4.69) is 6.07 Å². The molecule has 1 aliphatic heterocycles. The van der Waals surface area contributed by atoms with E-state index in [9.17, 15) is 0 Å². The van der Waals surface area contributed by atoms with Crippen LogP contribution in [0.15, 0.2) is 18.2 Å². The number of ether oxygens (including phenoxy) is 2. The van der Waals surface area contributed by atoms with Gasteiger partial charge >= 0.3 is 0 Å². The molecule has 1 heterocycles.